The highest BCUT2D eigenvalue weighted by atomic mass is 35.5. The molecule has 0 saturated carbocycles. The molecule has 6 aromatic rings. The number of nitrogens with two attached hydrogens (primary N) is 1. The van der Waals surface area contributed by atoms with Crippen LogP contribution >= 0.6 is 19.2 Å². The normalized spacial score (nSPS) is 13.1. The summed E-state index contributed by atoms with van der Waals surface area (Å²) in [5.74, 6) is -1.65. The fourth-order valence-electron chi connectivity index (χ4n) is 4.78. The fraction of sp³-hybridized carbons (Fsp3) is 0.219. The van der Waals surface area contributed by atoms with Gasteiger partial charge in [0.05, 0.1) is 45.4 Å². The molecule has 47 heavy (non-hydrogen) atoms. The predicted octanol–water partition coefficient (Wildman–Crippen LogP) is 5.23. The number of aromatic nitrogens is 7. The molecule has 3 heterocycles. The van der Waals surface area contributed by atoms with E-state index in [9.17, 15) is 9.67 Å². The van der Waals surface area contributed by atoms with Crippen LogP contribution in [0.1, 0.15) is 22.4 Å². The molecule has 0 amide bonds. The van der Waals surface area contributed by atoms with Gasteiger partial charge in [0, 0.05) is 0 Å². The summed E-state index contributed by atoms with van der Waals surface area (Å²) in [5, 5.41) is 20.4. The zero-order valence-electron chi connectivity index (χ0n) is 25.1. The average molecular weight is 675 g/mol. The summed E-state index contributed by atoms with van der Waals surface area (Å²) in [6.45, 7) is 0.282. The van der Waals surface area contributed by atoms with Crippen molar-refractivity contribution in [1.82, 2.24) is 34.5 Å². The molecule has 3 N–H and O–H groups in total. The molecule has 15 heteroatoms. The SMILES string of the molecule is Nc1nc(Cl)c2ncn(Cc3cn(C[C@H](OCc4ccccc4)[C@@H](O)P(=O)(OCc4ccccc4)OCc4ccccc4)nn3)c2n1. The van der Waals surface area contributed by atoms with Crippen molar-refractivity contribution in [1.29, 1.82) is 0 Å². The van der Waals surface area contributed by atoms with Crippen molar-refractivity contribution >= 4 is 36.3 Å². The minimum Gasteiger partial charge on any atom is -0.378 e. The Bertz CT molecular complexity index is 1900. The molecule has 242 valence electrons. The summed E-state index contributed by atoms with van der Waals surface area (Å²) < 4.78 is 35.7. The number of imidazole rings is 1. The van der Waals surface area contributed by atoms with Gasteiger partial charge < -0.3 is 29.2 Å². The highest BCUT2D eigenvalue weighted by Crippen LogP contribution is 2.55. The van der Waals surface area contributed by atoms with Crippen LogP contribution in [0.2, 0.25) is 5.15 Å². The van der Waals surface area contributed by atoms with Crippen LogP contribution in [-0.2, 0) is 51.3 Å². The molecule has 0 aliphatic carbocycles. The van der Waals surface area contributed by atoms with Crippen molar-refractivity contribution in [2.24, 2.45) is 0 Å². The number of aliphatic hydroxyl groups is 1. The minimum absolute atomic E-state index is 0.0139. The van der Waals surface area contributed by atoms with Crippen LogP contribution in [0.5, 0.6) is 0 Å². The van der Waals surface area contributed by atoms with E-state index in [0.29, 0.717) is 16.9 Å². The second-order valence-electron chi connectivity index (χ2n) is 10.7. The number of hydrogen-bond donors (Lipinski definition) is 2. The number of hydrogen-bond acceptors (Lipinski definition) is 11. The lowest BCUT2D eigenvalue weighted by Gasteiger charge is -2.29. The first-order chi connectivity index (χ1) is 22.9. The Balaban J connectivity index is 1.24. The van der Waals surface area contributed by atoms with E-state index in [-0.39, 0.29) is 44.0 Å². The number of halogens is 1. The lowest BCUT2D eigenvalue weighted by atomic mass is 10.2. The van der Waals surface area contributed by atoms with Gasteiger partial charge in [-0.2, -0.15) is 9.97 Å². The monoisotopic (exact) mass is 674 g/mol. The third kappa shape index (κ3) is 8.27. The van der Waals surface area contributed by atoms with Crippen molar-refractivity contribution in [3.63, 3.8) is 0 Å². The second-order valence-corrected chi connectivity index (χ2v) is 13.1. The molecule has 0 saturated heterocycles. The van der Waals surface area contributed by atoms with Crippen molar-refractivity contribution in [3.05, 3.63) is 131 Å². The highest BCUT2D eigenvalue weighted by Gasteiger charge is 2.42. The molecule has 13 nitrogen and oxygen atoms in total. The standard InChI is InChI=1S/C32H32ClN8O5P/c33-29-28-30(37-32(34)36-29)40(22-35-28)16-26-17-41(39-38-26)18-27(44-19-23-10-4-1-5-11-23)31(42)47(43,45-20-24-12-6-2-7-13-24)46-21-25-14-8-3-9-15-25/h1-15,17,22,27,31,42H,16,18-21H2,(H2,34,36,37)/t27-,31-/m0/s1. The summed E-state index contributed by atoms with van der Waals surface area (Å²) in [6.07, 6.45) is 2.18. The summed E-state index contributed by atoms with van der Waals surface area (Å²) in [6, 6.07) is 28.0. The maximum absolute atomic E-state index is 14.4. The Kier molecular flexibility index (Phi) is 10.3. The maximum Gasteiger partial charge on any atom is 0.362 e. The van der Waals surface area contributed by atoms with Crippen LogP contribution in [0.25, 0.3) is 11.2 Å². The van der Waals surface area contributed by atoms with E-state index in [1.807, 2.05) is 91.0 Å². The molecule has 0 aliphatic rings. The van der Waals surface area contributed by atoms with Gasteiger partial charge in [0.25, 0.3) is 0 Å². The Hall–Kier alpha value is -4.49. The number of anilines is 1. The van der Waals surface area contributed by atoms with E-state index in [2.05, 4.69) is 25.3 Å². The molecule has 6 rings (SSSR count). The van der Waals surface area contributed by atoms with Gasteiger partial charge in [-0.3, -0.25) is 4.57 Å². The zero-order valence-corrected chi connectivity index (χ0v) is 26.8. The molecule has 0 unspecified atom stereocenters. The molecule has 0 fully saturated rings. The summed E-state index contributed by atoms with van der Waals surface area (Å²) in [5.41, 5.74) is 9.60. The van der Waals surface area contributed by atoms with E-state index in [0.717, 1.165) is 16.7 Å². The van der Waals surface area contributed by atoms with Gasteiger partial charge in [-0.1, -0.05) is 108 Å². The Morgan fingerprint density at radius 3 is 2.02 bits per heavy atom. The smallest absolute Gasteiger partial charge is 0.362 e. The van der Waals surface area contributed by atoms with Crippen LogP contribution in [0.15, 0.2) is 104 Å². The van der Waals surface area contributed by atoms with Crippen molar-refractivity contribution in [2.75, 3.05) is 5.73 Å². The number of rotatable bonds is 15. The minimum atomic E-state index is -4.21. The van der Waals surface area contributed by atoms with Gasteiger partial charge in [-0.15, -0.1) is 5.10 Å². The average Bonchev–Trinajstić information content (AvgIpc) is 3.72. The number of aliphatic hydroxyl groups excluding tert-OH is 1. The Morgan fingerprint density at radius 2 is 1.43 bits per heavy atom. The molecule has 0 radical (unpaired) electrons. The van der Waals surface area contributed by atoms with Crippen molar-refractivity contribution in [3.8, 4) is 0 Å². The first-order valence-corrected chi connectivity index (χ1v) is 16.7. The van der Waals surface area contributed by atoms with Crippen LogP contribution in [-0.4, -0.2) is 51.6 Å². The third-order valence-corrected chi connectivity index (χ3v) is 9.42. The Labute approximate surface area is 275 Å². The van der Waals surface area contributed by atoms with E-state index in [4.69, 9.17) is 31.1 Å². The molecular weight excluding hydrogens is 643 g/mol. The molecule has 2 atom stereocenters. The third-order valence-electron chi connectivity index (χ3n) is 7.20. The first kappa shape index (κ1) is 32.5. The number of nitrogen functional groups attached to an aromatic ring is 1. The number of benzene rings is 3. The van der Waals surface area contributed by atoms with Gasteiger partial charge in [-0.05, 0) is 16.7 Å². The summed E-state index contributed by atoms with van der Waals surface area (Å²) >= 11 is 6.17. The quantitative estimate of drug-likeness (QED) is 0.108. The molecule has 3 aromatic carbocycles. The second kappa shape index (κ2) is 14.9. The van der Waals surface area contributed by atoms with Crippen LogP contribution in [0.3, 0.4) is 0 Å². The number of ether oxygens (including phenoxy) is 1. The lowest BCUT2D eigenvalue weighted by molar-refractivity contribution is -0.0384. The highest BCUT2D eigenvalue weighted by molar-refractivity contribution is 7.54. The fourth-order valence-corrected chi connectivity index (χ4v) is 6.63. The van der Waals surface area contributed by atoms with Gasteiger partial charge in [0.2, 0.25) is 5.95 Å². The van der Waals surface area contributed by atoms with Crippen molar-refractivity contribution < 1.29 is 23.5 Å². The maximum atomic E-state index is 14.4. The van der Waals surface area contributed by atoms with E-state index >= 15 is 0 Å². The van der Waals surface area contributed by atoms with Crippen LogP contribution < -0.4 is 5.73 Å². The van der Waals surface area contributed by atoms with Crippen LogP contribution in [0.4, 0.5) is 5.95 Å². The predicted molar refractivity (Wildman–Crippen MR) is 175 cm³/mol. The molecule has 0 spiro atoms. The zero-order chi connectivity index (χ0) is 32.6. The van der Waals surface area contributed by atoms with Crippen molar-refractivity contribution in [2.45, 2.75) is 44.9 Å². The van der Waals surface area contributed by atoms with Gasteiger partial charge in [0.1, 0.15) is 17.3 Å². The van der Waals surface area contributed by atoms with E-state index < -0.39 is 19.5 Å². The van der Waals surface area contributed by atoms with Gasteiger partial charge in [-0.25, -0.2) is 9.67 Å². The van der Waals surface area contributed by atoms with Crippen LogP contribution in [0, 0.1) is 0 Å². The Morgan fingerprint density at radius 1 is 0.851 bits per heavy atom. The number of nitrogens with zero attached hydrogens (tertiary/aromatic N) is 7. The molecule has 3 aromatic heterocycles. The summed E-state index contributed by atoms with van der Waals surface area (Å²) in [7, 11) is -4.21. The first-order valence-electron chi connectivity index (χ1n) is 14.7. The van der Waals surface area contributed by atoms with E-state index in [1.165, 1.54) is 4.68 Å². The molecule has 0 aliphatic heterocycles. The van der Waals surface area contributed by atoms with Gasteiger partial charge >= 0.3 is 7.60 Å². The molecular formula is C32H32ClN8O5P. The lowest BCUT2D eigenvalue weighted by Crippen LogP contribution is -2.34. The largest absolute Gasteiger partial charge is 0.378 e. The summed E-state index contributed by atoms with van der Waals surface area (Å²) in [4.78, 5) is 12.5. The topological polar surface area (TPSA) is 165 Å². The van der Waals surface area contributed by atoms with E-state index in [1.54, 1.807) is 17.1 Å². The number of fused-ring (bicyclic) bond motifs is 1. The molecule has 0 bridgehead atoms. The van der Waals surface area contributed by atoms with Gasteiger partial charge in [0.15, 0.2) is 16.6 Å².